The summed E-state index contributed by atoms with van der Waals surface area (Å²) in [7, 11) is 0. The number of carbonyl (C=O) groups is 1. The second kappa shape index (κ2) is 4.97. The zero-order valence-electron chi connectivity index (χ0n) is 8.58. The molecule has 0 aromatic rings. The van der Waals surface area contributed by atoms with Crippen LogP contribution in [-0.2, 0) is 14.3 Å². The lowest BCUT2D eigenvalue weighted by atomic mass is 9.95. The van der Waals surface area contributed by atoms with E-state index in [4.69, 9.17) is 0 Å². The normalized spacial score (nSPS) is 12.9. The van der Waals surface area contributed by atoms with Gasteiger partial charge in [0.2, 0.25) is 0 Å². The third-order valence-electron chi connectivity index (χ3n) is 1.71. The van der Waals surface area contributed by atoms with Crippen molar-refractivity contribution in [3.05, 3.63) is 5.57 Å². The van der Waals surface area contributed by atoms with E-state index in [0.29, 0.717) is 0 Å². The molecule has 0 fully saturated rings. The van der Waals surface area contributed by atoms with E-state index < -0.39 is 36.2 Å². The Balaban J connectivity index is 5.91. The van der Waals surface area contributed by atoms with Gasteiger partial charge in [0.1, 0.15) is 5.94 Å². The van der Waals surface area contributed by atoms with E-state index in [1.807, 2.05) is 0 Å². The third-order valence-corrected chi connectivity index (χ3v) is 1.71. The number of rotatable bonds is 3. The molecule has 18 heavy (non-hydrogen) atoms. The van der Waals surface area contributed by atoms with E-state index in [0.717, 1.165) is 6.92 Å². The number of ether oxygens (including phenoxy) is 1. The molecule has 0 saturated carbocycles. The summed E-state index contributed by atoms with van der Waals surface area (Å²) >= 11 is 0. The number of esters is 1. The van der Waals surface area contributed by atoms with Gasteiger partial charge in [-0.1, -0.05) is 0 Å². The zero-order valence-corrected chi connectivity index (χ0v) is 8.58. The van der Waals surface area contributed by atoms with Crippen molar-refractivity contribution < 1.29 is 45.1 Å². The molecule has 0 saturated heterocycles. The summed E-state index contributed by atoms with van der Waals surface area (Å²) in [5, 5.41) is 0. The van der Waals surface area contributed by atoms with Crippen molar-refractivity contribution in [2.24, 2.45) is 0 Å². The van der Waals surface area contributed by atoms with Gasteiger partial charge in [0.05, 0.1) is 6.61 Å². The van der Waals surface area contributed by atoms with E-state index in [1.54, 1.807) is 0 Å². The maximum Gasteiger partial charge on any atom is 0.437 e. The molecule has 3 nitrogen and oxygen atoms in total. The Morgan fingerprint density at radius 2 is 1.44 bits per heavy atom. The lowest BCUT2D eigenvalue weighted by molar-refractivity contribution is -0.325. The largest absolute Gasteiger partial charge is 0.462 e. The summed E-state index contributed by atoms with van der Waals surface area (Å²) in [6.45, 7) is 0.400. The molecule has 0 atom stereocenters. The average molecular weight is 282 g/mol. The van der Waals surface area contributed by atoms with Crippen LogP contribution in [0, 0.1) is 0 Å². The Kier molecular flexibility index (Phi) is 4.53. The number of halogens is 7. The molecule has 0 aliphatic heterocycles. The monoisotopic (exact) mass is 282 g/mol. The van der Waals surface area contributed by atoms with Crippen molar-refractivity contribution in [1.29, 1.82) is 0 Å². The molecule has 0 amide bonds. The molecule has 0 rings (SSSR count). The van der Waals surface area contributed by atoms with Crippen molar-refractivity contribution >= 4 is 11.9 Å². The van der Waals surface area contributed by atoms with Crippen LogP contribution in [0.1, 0.15) is 6.92 Å². The summed E-state index contributed by atoms with van der Waals surface area (Å²) < 4.78 is 89.8. The second-order valence-electron chi connectivity index (χ2n) is 2.85. The lowest BCUT2D eigenvalue weighted by Crippen LogP contribution is -2.56. The molecule has 0 spiro atoms. The Hall–Kier alpha value is -1.57. The van der Waals surface area contributed by atoms with Gasteiger partial charge in [0, 0.05) is 0 Å². The first kappa shape index (κ1) is 16.4. The van der Waals surface area contributed by atoms with Crippen molar-refractivity contribution in [1.82, 2.24) is 0 Å². The van der Waals surface area contributed by atoms with Gasteiger partial charge in [-0.05, 0) is 6.92 Å². The first-order chi connectivity index (χ1) is 7.93. The van der Waals surface area contributed by atoms with E-state index in [2.05, 4.69) is 4.74 Å². The van der Waals surface area contributed by atoms with Crippen molar-refractivity contribution in [3.8, 4) is 0 Å². The summed E-state index contributed by atoms with van der Waals surface area (Å²) in [5.41, 5.74) is -8.93. The van der Waals surface area contributed by atoms with Gasteiger partial charge >= 0.3 is 24.0 Å². The highest BCUT2D eigenvalue weighted by molar-refractivity contribution is 5.99. The van der Waals surface area contributed by atoms with Crippen LogP contribution in [0.2, 0.25) is 0 Å². The molecule has 0 aliphatic rings. The van der Waals surface area contributed by atoms with Crippen LogP contribution in [0.25, 0.3) is 0 Å². The predicted molar refractivity (Wildman–Crippen MR) is 41.8 cm³/mol. The average Bonchev–Trinajstić information content (AvgIpc) is 2.15. The van der Waals surface area contributed by atoms with Crippen LogP contribution in [0.15, 0.2) is 5.57 Å². The second-order valence-corrected chi connectivity index (χ2v) is 2.85. The summed E-state index contributed by atoms with van der Waals surface area (Å²) in [6, 6.07) is 0. The van der Waals surface area contributed by atoms with Gasteiger partial charge in [0.15, 0.2) is 5.57 Å². The van der Waals surface area contributed by atoms with Gasteiger partial charge in [0.25, 0.3) is 0 Å². The van der Waals surface area contributed by atoms with E-state index in [9.17, 15) is 40.3 Å². The number of hydrogen-bond donors (Lipinski definition) is 0. The Morgan fingerprint density at radius 3 is 1.67 bits per heavy atom. The molecule has 0 N–H and O–H groups in total. The molecule has 0 aromatic heterocycles. The van der Waals surface area contributed by atoms with Gasteiger partial charge in [-0.15, -0.1) is 0 Å². The van der Waals surface area contributed by atoms with Crippen LogP contribution in [0.5, 0.6) is 0 Å². The standard InChI is InChI=1S/C8H5F7O3/c1-2-18-5(17)4(3-16)6(9,7(10,11)12)8(13,14)15/h2H2,1H3. The lowest BCUT2D eigenvalue weighted by Gasteiger charge is -2.29. The van der Waals surface area contributed by atoms with Crippen LogP contribution in [0.3, 0.4) is 0 Å². The van der Waals surface area contributed by atoms with Crippen LogP contribution >= 0.6 is 0 Å². The fourth-order valence-electron chi connectivity index (χ4n) is 0.900. The fourth-order valence-corrected chi connectivity index (χ4v) is 0.900. The van der Waals surface area contributed by atoms with E-state index in [1.165, 1.54) is 0 Å². The highest BCUT2D eigenvalue weighted by Crippen LogP contribution is 2.50. The topological polar surface area (TPSA) is 43.4 Å². The first-order valence-electron chi connectivity index (χ1n) is 4.18. The Labute approximate surface area is 95.2 Å². The van der Waals surface area contributed by atoms with Crippen LogP contribution in [-0.4, -0.2) is 36.5 Å². The van der Waals surface area contributed by atoms with Gasteiger partial charge in [-0.25, -0.2) is 14.0 Å². The SMILES string of the molecule is CCOC(=O)C(=C=O)C(F)(C(F)(F)F)C(F)(F)F. The molecule has 0 aromatic carbocycles. The van der Waals surface area contributed by atoms with Crippen molar-refractivity contribution in [3.63, 3.8) is 0 Å². The maximum absolute atomic E-state index is 13.2. The molecular weight excluding hydrogens is 277 g/mol. The highest BCUT2D eigenvalue weighted by atomic mass is 19.4. The number of hydrogen-bond acceptors (Lipinski definition) is 3. The van der Waals surface area contributed by atoms with E-state index >= 15 is 0 Å². The van der Waals surface area contributed by atoms with Gasteiger partial charge < -0.3 is 4.74 Å². The molecule has 10 heteroatoms. The minimum Gasteiger partial charge on any atom is -0.462 e. The van der Waals surface area contributed by atoms with E-state index in [-0.39, 0.29) is 5.94 Å². The third kappa shape index (κ3) is 2.63. The maximum atomic E-state index is 13.2. The zero-order chi connectivity index (χ0) is 14.8. The molecule has 0 aliphatic carbocycles. The summed E-state index contributed by atoms with van der Waals surface area (Å²) in [6.07, 6.45) is -13.1. The first-order valence-corrected chi connectivity index (χ1v) is 4.18. The molecular formula is C8H5F7O3. The van der Waals surface area contributed by atoms with Crippen LogP contribution in [0.4, 0.5) is 30.7 Å². The summed E-state index contributed by atoms with van der Waals surface area (Å²) in [5.74, 6) is -2.35. The van der Waals surface area contributed by atoms with Crippen LogP contribution < -0.4 is 0 Å². The van der Waals surface area contributed by atoms with Gasteiger partial charge in [-0.2, -0.15) is 26.3 Å². The molecule has 0 heterocycles. The molecule has 0 unspecified atom stereocenters. The van der Waals surface area contributed by atoms with Crippen molar-refractivity contribution in [2.75, 3.05) is 6.61 Å². The van der Waals surface area contributed by atoms with Crippen molar-refractivity contribution in [2.45, 2.75) is 24.9 Å². The summed E-state index contributed by atoms with van der Waals surface area (Å²) in [4.78, 5) is 20.8. The fraction of sp³-hybridized carbons (Fsp3) is 0.625. The Bertz CT molecular complexity index is 361. The number of carbonyl (C=O) groups excluding carboxylic acids is 2. The molecule has 0 bridgehead atoms. The highest BCUT2D eigenvalue weighted by Gasteiger charge is 2.77. The quantitative estimate of drug-likeness (QED) is 0.345. The smallest absolute Gasteiger partial charge is 0.437 e. The Morgan fingerprint density at radius 1 is 1.06 bits per heavy atom. The molecule has 0 radical (unpaired) electrons. The predicted octanol–water partition coefficient (Wildman–Crippen LogP) is 2.14. The molecule has 104 valence electrons. The van der Waals surface area contributed by atoms with Gasteiger partial charge in [-0.3, -0.25) is 0 Å². The number of alkyl halides is 7. The minimum atomic E-state index is -6.55. The minimum absolute atomic E-state index is 0.0175.